The van der Waals surface area contributed by atoms with Crippen LogP contribution in [0.15, 0.2) is 18.2 Å². The second kappa shape index (κ2) is 7.81. The lowest BCUT2D eigenvalue weighted by Crippen LogP contribution is -2.55. The van der Waals surface area contributed by atoms with Gasteiger partial charge in [-0.25, -0.2) is 0 Å². The molecule has 1 fully saturated rings. The molecule has 0 amide bonds. The van der Waals surface area contributed by atoms with Gasteiger partial charge in [0.1, 0.15) is 0 Å². The van der Waals surface area contributed by atoms with Crippen molar-refractivity contribution in [3.63, 3.8) is 0 Å². The van der Waals surface area contributed by atoms with Gasteiger partial charge in [0.15, 0.2) is 0 Å². The van der Waals surface area contributed by atoms with Crippen LogP contribution in [0, 0.1) is 0 Å². The summed E-state index contributed by atoms with van der Waals surface area (Å²) >= 11 is 0. The van der Waals surface area contributed by atoms with Crippen molar-refractivity contribution in [1.29, 1.82) is 0 Å². The Morgan fingerprint density at radius 3 is 2.59 bits per heavy atom. The number of hydrogen-bond acceptors (Lipinski definition) is 4. The zero-order chi connectivity index (χ0) is 16.0. The van der Waals surface area contributed by atoms with Crippen molar-refractivity contribution in [2.45, 2.75) is 12.8 Å². The summed E-state index contributed by atoms with van der Waals surface area (Å²) in [6, 6.07) is 5.68. The van der Waals surface area contributed by atoms with E-state index in [2.05, 4.69) is 19.0 Å². The maximum Gasteiger partial charge on any atom is 0.0912 e. The summed E-state index contributed by atoms with van der Waals surface area (Å²) in [5.74, 6) is 0. The predicted molar refractivity (Wildman–Crippen MR) is 92.7 cm³/mol. The second-order valence-electron chi connectivity index (χ2n) is 6.90. The van der Waals surface area contributed by atoms with E-state index in [1.165, 1.54) is 26.2 Å². The van der Waals surface area contributed by atoms with Crippen LogP contribution in [0.25, 0.3) is 0 Å². The first kappa shape index (κ1) is 17.1. The molecule has 2 rings (SSSR count). The summed E-state index contributed by atoms with van der Waals surface area (Å²) in [6.07, 6.45) is 1.91. The van der Waals surface area contributed by atoms with Gasteiger partial charge in [0.05, 0.1) is 33.8 Å². The maximum absolute atomic E-state index is 5.95. The smallest absolute Gasteiger partial charge is 0.0912 e. The molecular formula is C17H31N4O+. The Labute approximate surface area is 134 Å². The molecule has 0 radical (unpaired) electrons. The third-order valence-electron chi connectivity index (χ3n) is 4.50. The number of nitrogens with two attached hydrogens (primary N) is 2. The number of benzene rings is 1. The summed E-state index contributed by atoms with van der Waals surface area (Å²) in [5, 5.41) is 0. The number of quaternary nitrogens is 1. The largest absolute Gasteiger partial charge is 0.399 e. The fraction of sp³-hybridized carbons (Fsp3) is 0.647. The van der Waals surface area contributed by atoms with Crippen LogP contribution in [0.3, 0.4) is 0 Å². The average molecular weight is 307 g/mol. The summed E-state index contributed by atoms with van der Waals surface area (Å²) in [7, 11) is 4.60. The SMILES string of the molecule is C[N+]1(C)CCN(CCOCCCc2cc(N)ccc2N)CC1. The van der Waals surface area contributed by atoms with E-state index in [9.17, 15) is 0 Å². The summed E-state index contributed by atoms with van der Waals surface area (Å²) in [5.41, 5.74) is 14.5. The molecule has 124 valence electrons. The standard InChI is InChI=1S/C17H31N4O/c1-21(2)10-7-20(8-11-21)9-13-22-12-3-4-15-14-16(18)5-6-17(15)19/h5-6,14H,3-4,7-13,18-19H2,1-2H3/q+1. The topological polar surface area (TPSA) is 64.5 Å². The highest BCUT2D eigenvalue weighted by molar-refractivity contribution is 5.55. The van der Waals surface area contributed by atoms with Gasteiger partial charge in [0.2, 0.25) is 0 Å². The molecule has 5 heteroatoms. The first-order chi connectivity index (χ1) is 10.5. The van der Waals surface area contributed by atoms with Crippen molar-refractivity contribution in [1.82, 2.24) is 4.90 Å². The molecule has 0 unspecified atom stereocenters. The Hall–Kier alpha value is -1.30. The third kappa shape index (κ3) is 5.48. The Morgan fingerprint density at radius 2 is 1.86 bits per heavy atom. The Balaban J connectivity index is 1.55. The van der Waals surface area contributed by atoms with E-state index in [1.54, 1.807) is 0 Å². The minimum atomic E-state index is 0.775. The first-order valence-corrected chi connectivity index (χ1v) is 8.22. The van der Waals surface area contributed by atoms with Crippen molar-refractivity contribution in [2.24, 2.45) is 0 Å². The molecule has 0 spiro atoms. The molecule has 1 saturated heterocycles. The van der Waals surface area contributed by atoms with Crippen LogP contribution in [-0.2, 0) is 11.2 Å². The van der Waals surface area contributed by atoms with Crippen LogP contribution in [0.5, 0.6) is 0 Å². The van der Waals surface area contributed by atoms with Crippen LogP contribution in [0.1, 0.15) is 12.0 Å². The number of rotatable bonds is 7. The molecule has 0 aliphatic carbocycles. The van der Waals surface area contributed by atoms with Gasteiger partial charge in [0.25, 0.3) is 0 Å². The number of ether oxygens (including phenoxy) is 1. The number of piperazine rings is 1. The van der Waals surface area contributed by atoms with Gasteiger partial charge < -0.3 is 20.7 Å². The van der Waals surface area contributed by atoms with E-state index in [1.807, 2.05) is 18.2 Å². The molecule has 1 aromatic rings. The number of anilines is 2. The van der Waals surface area contributed by atoms with E-state index >= 15 is 0 Å². The van der Waals surface area contributed by atoms with Gasteiger partial charge >= 0.3 is 0 Å². The fourth-order valence-corrected chi connectivity index (χ4v) is 2.77. The maximum atomic E-state index is 5.95. The predicted octanol–water partition coefficient (Wildman–Crippen LogP) is 1.19. The highest BCUT2D eigenvalue weighted by atomic mass is 16.5. The molecular weight excluding hydrogens is 276 g/mol. The van der Waals surface area contributed by atoms with Crippen LogP contribution >= 0.6 is 0 Å². The number of nitrogen functional groups attached to an aromatic ring is 2. The summed E-state index contributed by atoms with van der Waals surface area (Å²) in [6.45, 7) is 7.46. The minimum absolute atomic E-state index is 0.775. The van der Waals surface area contributed by atoms with Crippen molar-refractivity contribution >= 4 is 11.4 Å². The molecule has 1 aliphatic heterocycles. The van der Waals surface area contributed by atoms with Gasteiger partial charge in [-0.2, -0.15) is 0 Å². The van der Waals surface area contributed by atoms with Crippen molar-refractivity contribution in [3.05, 3.63) is 23.8 Å². The molecule has 1 aliphatic rings. The van der Waals surface area contributed by atoms with E-state index in [-0.39, 0.29) is 0 Å². The second-order valence-corrected chi connectivity index (χ2v) is 6.90. The lowest BCUT2D eigenvalue weighted by Gasteiger charge is -2.39. The number of hydrogen-bond donors (Lipinski definition) is 2. The normalized spacial score (nSPS) is 18.5. The fourth-order valence-electron chi connectivity index (χ4n) is 2.77. The van der Waals surface area contributed by atoms with Crippen molar-refractivity contribution in [3.8, 4) is 0 Å². The Bertz CT molecular complexity index is 466. The molecule has 0 bridgehead atoms. The molecule has 0 aromatic heterocycles. The van der Waals surface area contributed by atoms with Crippen LogP contribution in [0.2, 0.25) is 0 Å². The number of nitrogens with zero attached hydrogens (tertiary/aromatic N) is 2. The first-order valence-electron chi connectivity index (χ1n) is 8.22. The van der Waals surface area contributed by atoms with Crippen LogP contribution in [-0.4, -0.2) is 69.4 Å². The number of aryl methyl sites for hydroxylation is 1. The third-order valence-corrected chi connectivity index (χ3v) is 4.50. The zero-order valence-corrected chi connectivity index (χ0v) is 14.1. The highest BCUT2D eigenvalue weighted by Gasteiger charge is 2.23. The lowest BCUT2D eigenvalue weighted by molar-refractivity contribution is -0.894. The molecule has 0 saturated carbocycles. The average Bonchev–Trinajstić information content (AvgIpc) is 2.47. The van der Waals surface area contributed by atoms with E-state index in [4.69, 9.17) is 16.2 Å². The van der Waals surface area contributed by atoms with Gasteiger partial charge in [-0.1, -0.05) is 0 Å². The van der Waals surface area contributed by atoms with Crippen LogP contribution < -0.4 is 11.5 Å². The molecule has 1 aromatic carbocycles. The highest BCUT2D eigenvalue weighted by Crippen LogP contribution is 2.17. The number of likely N-dealkylation sites (N-methyl/N-ethyl adjacent to an activating group) is 1. The quantitative estimate of drug-likeness (QED) is 0.451. The lowest BCUT2D eigenvalue weighted by atomic mass is 10.1. The van der Waals surface area contributed by atoms with Gasteiger partial charge in [-0.05, 0) is 36.6 Å². The molecule has 5 nitrogen and oxygen atoms in total. The van der Waals surface area contributed by atoms with Crippen molar-refractivity contribution < 1.29 is 9.22 Å². The molecule has 4 N–H and O–H groups in total. The molecule has 22 heavy (non-hydrogen) atoms. The van der Waals surface area contributed by atoms with E-state index in [0.717, 1.165) is 54.0 Å². The monoisotopic (exact) mass is 307 g/mol. The molecule has 0 atom stereocenters. The summed E-state index contributed by atoms with van der Waals surface area (Å²) < 4.78 is 6.90. The Kier molecular flexibility index (Phi) is 6.06. The molecule has 1 heterocycles. The van der Waals surface area contributed by atoms with Gasteiger partial charge in [-0.3, -0.25) is 4.90 Å². The van der Waals surface area contributed by atoms with E-state index in [0.29, 0.717) is 0 Å². The zero-order valence-electron chi connectivity index (χ0n) is 14.1. The van der Waals surface area contributed by atoms with Crippen molar-refractivity contribution in [2.75, 3.05) is 71.5 Å². The Morgan fingerprint density at radius 1 is 1.14 bits per heavy atom. The summed E-state index contributed by atoms with van der Waals surface area (Å²) in [4.78, 5) is 2.50. The van der Waals surface area contributed by atoms with Crippen LogP contribution in [0.4, 0.5) is 11.4 Å². The van der Waals surface area contributed by atoms with Gasteiger partial charge in [0, 0.05) is 37.6 Å². The minimum Gasteiger partial charge on any atom is -0.399 e. The van der Waals surface area contributed by atoms with E-state index < -0.39 is 0 Å². The van der Waals surface area contributed by atoms with Gasteiger partial charge in [-0.15, -0.1) is 0 Å².